The van der Waals surface area contributed by atoms with Crippen molar-refractivity contribution < 1.29 is 14.3 Å². The summed E-state index contributed by atoms with van der Waals surface area (Å²) >= 11 is 0. The van der Waals surface area contributed by atoms with Crippen LogP contribution in [-0.4, -0.2) is 33.4 Å². The van der Waals surface area contributed by atoms with Gasteiger partial charge >= 0.3 is 0 Å². The largest absolute Gasteiger partial charge is 0.393 e. The van der Waals surface area contributed by atoms with Gasteiger partial charge in [0.2, 0.25) is 0 Å². The van der Waals surface area contributed by atoms with Gasteiger partial charge in [0.1, 0.15) is 5.82 Å². The summed E-state index contributed by atoms with van der Waals surface area (Å²) in [7, 11) is 0. The number of carbonyl (C=O) groups excluding carboxylic acids is 1. The van der Waals surface area contributed by atoms with E-state index in [1.54, 1.807) is 29.8 Å². The number of aromatic nitrogens is 2. The van der Waals surface area contributed by atoms with Gasteiger partial charge in [0.15, 0.2) is 5.69 Å². The van der Waals surface area contributed by atoms with Crippen molar-refractivity contribution in [2.75, 3.05) is 6.54 Å². The van der Waals surface area contributed by atoms with E-state index in [4.69, 9.17) is 0 Å². The lowest BCUT2D eigenvalue weighted by Gasteiger charge is -2.26. The second kappa shape index (κ2) is 7.13. The van der Waals surface area contributed by atoms with Crippen molar-refractivity contribution in [2.45, 2.75) is 40.2 Å². The van der Waals surface area contributed by atoms with Crippen LogP contribution in [0.4, 0.5) is 4.39 Å². The lowest BCUT2D eigenvalue weighted by Crippen LogP contribution is -2.35. The number of aliphatic hydroxyl groups excluding tert-OH is 1. The summed E-state index contributed by atoms with van der Waals surface area (Å²) in [6, 6.07) is 7.63. The van der Waals surface area contributed by atoms with Crippen LogP contribution in [0.3, 0.4) is 0 Å². The van der Waals surface area contributed by atoms with Crippen LogP contribution in [0.5, 0.6) is 0 Å². The standard InChI is InChI=1S/C18H24FN3O2/c1-12-9-16(17(24)20-11-18(3,4)10-13(2)23)21-22(12)15-7-5-14(19)6-8-15/h5-9,13,23H,10-11H2,1-4H3,(H,20,24). The van der Waals surface area contributed by atoms with Crippen LogP contribution in [0, 0.1) is 18.2 Å². The number of nitrogens with zero attached hydrogens (tertiary/aromatic N) is 2. The first-order valence-electron chi connectivity index (χ1n) is 7.97. The topological polar surface area (TPSA) is 67.2 Å². The van der Waals surface area contributed by atoms with Crippen LogP contribution < -0.4 is 5.32 Å². The van der Waals surface area contributed by atoms with Gasteiger partial charge in [-0.25, -0.2) is 9.07 Å². The Kier molecular flexibility index (Phi) is 5.39. The molecule has 1 atom stereocenters. The summed E-state index contributed by atoms with van der Waals surface area (Å²) < 4.78 is 14.6. The third kappa shape index (κ3) is 4.64. The van der Waals surface area contributed by atoms with Gasteiger partial charge in [0.05, 0.1) is 11.8 Å². The number of aryl methyl sites for hydroxylation is 1. The Labute approximate surface area is 141 Å². The van der Waals surface area contributed by atoms with Gasteiger partial charge in [0, 0.05) is 12.2 Å². The van der Waals surface area contributed by atoms with Crippen molar-refractivity contribution in [3.05, 3.63) is 47.5 Å². The minimum absolute atomic E-state index is 0.210. The molecule has 0 aliphatic carbocycles. The van der Waals surface area contributed by atoms with Crippen molar-refractivity contribution in [1.82, 2.24) is 15.1 Å². The third-order valence-corrected chi connectivity index (χ3v) is 3.77. The SMILES string of the molecule is Cc1cc(C(=O)NCC(C)(C)CC(C)O)nn1-c1ccc(F)cc1. The first-order valence-corrected chi connectivity index (χ1v) is 7.97. The number of hydrogen-bond donors (Lipinski definition) is 2. The minimum atomic E-state index is -0.420. The maximum absolute atomic E-state index is 13.0. The molecule has 1 amide bonds. The van der Waals surface area contributed by atoms with E-state index < -0.39 is 6.10 Å². The maximum atomic E-state index is 13.0. The van der Waals surface area contributed by atoms with Gasteiger partial charge in [-0.15, -0.1) is 0 Å². The summed E-state index contributed by atoms with van der Waals surface area (Å²) in [6.07, 6.45) is 0.174. The van der Waals surface area contributed by atoms with E-state index in [1.165, 1.54) is 12.1 Å². The molecule has 0 radical (unpaired) electrons. The molecule has 0 saturated carbocycles. The molecule has 1 aromatic heterocycles. The van der Waals surface area contributed by atoms with Crippen molar-refractivity contribution >= 4 is 5.91 Å². The number of amides is 1. The van der Waals surface area contributed by atoms with Crippen molar-refractivity contribution in [2.24, 2.45) is 5.41 Å². The van der Waals surface area contributed by atoms with E-state index in [0.29, 0.717) is 24.3 Å². The maximum Gasteiger partial charge on any atom is 0.271 e. The van der Waals surface area contributed by atoms with Gasteiger partial charge in [-0.05, 0) is 56.0 Å². The highest BCUT2D eigenvalue weighted by atomic mass is 19.1. The fourth-order valence-corrected chi connectivity index (χ4v) is 2.71. The molecule has 0 aliphatic heterocycles. The van der Waals surface area contributed by atoms with Crippen LogP contribution in [0.15, 0.2) is 30.3 Å². The van der Waals surface area contributed by atoms with Crippen LogP contribution in [0.2, 0.25) is 0 Å². The van der Waals surface area contributed by atoms with E-state index >= 15 is 0 Å². The molecule has 2 N–H and O–H groups in total. The fourth-order valence-electron chi connectivity index (χ4n) is 2.71. The molecule has 1 unspecified atom stereocenters. The Morgan fingerprint density at radius 1 is 1.38 bits per heavy atom. The Morgan fingerprint density at radius 3 is 2.58 bits per heavy atom. The Morgan fingerprint density at radius 2 is 2.00 bits per heavy atom. The Balaban J connectivity index is 2.09. The zero-order valence-corrected chi connectivity index (χ0v) is 14.5. The lowest BCUT2D eigenvalue weighted by atomic mass is 9.87. The molecule has 2 rings (SSSR count). The van der Waals surface area contributed by atoms with E-state index in [2.05, 4.69) is 10.4 Å². The summed E-state index contributed by atoms with van der Waals surface area (Å²) in [5, 5.41) is 16.7. The van der Waals surface area contributed by atoms with E-state index in [-0.39, 0.29) is 17.1 Å². The smallest absolute Gasteiger partial charge is 0.271 e. The summed E-state index contributed by atoms with van der Waals surface area (Å²) in [4.78, 5) is 12.3. The van der Waals surface area contributed by atoms with Crippen molar-refractivity contribution in [3.8, 4) is 5.69 Å². The van der Waals surface area contributed by atoms with E-state index in [9.17, 15) is 14.3 Å². The fraction of sp³-hybridized carbons (Fsp3) is 0.444. The quantitative estimate of drug-likeness (QED) is 0.854. The first-order chi connectivity index (χ1) is 11.2. The molecule has 0 spiro atoms. The lowest BCUT2D eigenvalue weighted by molar-refractivity contribution is 0.0897. The molecule has 0 saturated heterocycles. The second-order valence-electron chi connectivity index (χ2n) is 6.96. The molecular weight excluding hydrogens is 309 g/mol. The number of benzene rings is 1. The normalized spacial score (nSPS) is 12.9. The number of hydrogen-bond acceptors (Lipinski definition) is 3. The number of rotatable bonds is 6. The van der Waals surface area contributed by atoms with Crippen molar-refractivity contribution in [1.29, 1.82) is 0 Å². The highest BCUT2D eigenvalue weighted by Gasteiger charge is 2.22. The summed E-state index contributed by atoms with van der Waals surface area (Å²) in [5.74, 6) is -0.584. The van der Waals surface area contributed by atoms with Gasteiger partial charge in [-0.3, -0.25) is 4.79 Å². The number of aliphatic hydroxyl groups is 1. The van der Waals surface area contributed by atoms with E-state index in [0.717, 1.165) is 5.69 Å². The average molecular weight is 333 g/mol. The summed E-state index contributed by atoms with van der Waals surface area (Å²) in [5.41, 5.74) is 1.58. The first kappa shape index (κ1) is 18.1. The summed E-state index contributed by atoms with van der Waals surface area (Å²) in [6.45, 7) is 7.99. The molecule has 130 valence electrons. The Bertz CT molecular complexity index is 706. The zero-order chi connectivity index (χ0) is 17.9. The molecule has 6 heteroatoms. The molecule has 0 fully saturated rings. The molecule has 2 aromatic rings. The van der Waals surface area contributed by atoms with Gasteiger partial charge in [-0.2, -0.15) is 5.10 Å². The predicted octanol–water partition coefficient (Wildman–Crippen LogP) is 2.85. The highest BCUT2D eigenvalue weighted by Crippen LogP contribution is 2.21. The number of nitrogens with one attached hydrogen (secondary N) is 1. The van der Waals surface area contributed by atoms with Crippen LogP contribution >= 0.6 is 0 Å². The number of carbonyl (C=O) groups is 1. The minimum Gasteiger partial charge on any atom is -0.393 e. The predicted molar refractivity (Wildman–Crippen MR) is 90.7 cm³/mol. The molecule has 5 nitrogen and oxygen atoms in total. The molecule has 1 aromatic carbocycles. The van der Waals surface area contributed by atoms with Crippen LogP contribution in [0.1, 0.15) is 43.4 Å². The monoisotopic (exact) mass is 333 g/mol. The number of halogens is 1. The zero-order valence-electron chi connectivity index (χ0n) is 14.5. The van der Waals surface area contributed by atoms with Crippen molar-refractivity contribution in [3.63, 3.8) is 0 Å². The van der Waals surface area contributed by atoms with Crippen LogP contribution in [-0.2, 0) is 0 Å². The molecule has 0 bridgehead atoms. The second-order valence-corrected chi connectivity index (χ2v) is 6.96. The van der Waals surface area contributed by atoms with Crippen LogP contribution in [0.25, 0.3) is 5.69 Å². The molecule has 1 heterocycles. The third-order valence-electron chi connectivity index (χ3n) is 3.77. The van der Waals surface area contributed by atoms with Gasteiger partial charge < -0.3 is 10.4 Å². The molecular formula is C18H24FN3O2. The Hall–Kier alpha value is -2.21. The molecule has 24 heavy (non-hydrogen) atoms. The van der Waals surface area contributed by atoms with Gasteiger partial charge in [-0.1, -0.05) is 13.8 Å². The van der Waals surface area contributed by atoms with Gasteiger partial charge in [0.25, 0.3) is 5.91 Å². The average Bonchev–Trinajstić information content (AvgIpc) is 2.86. The highest BCUT2D eigenvalue weighted by molar-refractivity contribution is 5.92. The molecule has 0 aliphatic rings. The van der Waals surface area contributed by atoms with E-state index in [1.807, 2.05) is 20.8 Å².